The Balaban J connectivity index is 2.36. The number of hydrogen-bond donors (Lipinski definition) is 0. The third kappa shape index (κ3) is 4.37. The number of benzene rings is 3. The van der Waals surface area contributed by atoms with Crippen LogP contribution < -0.4 is 0 Å². The van der Waals surface area contributed by atoms with Gasteiger partial charge in [0.05, 0.1) is 0 Å². The molecule has 0 heterocycles. The molecule has 0 radical (unpaired) electrons. The number of halogens is 4. The second kappa shape index (κ2) is 8.51. The van der Waals surface area contributed by atoms with Crippen LogP contribution in [0.25, 0.3) is 0 Å². The highest BCUT2D eigenvalue weighted by Gasteiger charge is 2.52. The molecule has 0 amide bonds. The van der Waals surface area contributed by atoms with E-state index in [1.54, 1.807) is 84.9 Å². The van der Waals surface area contributed by atoms with Gasteiger partial charge in [0.2, 0.25) is 0 Å². The first-order valence-corrected chi connectivity index (χ1v) is 12.4. The van der Waals surface area contributed by atoms with E-state index in [1.807, 2.05) is 0 Å². The molecule has 154 valence electrons. The van der Waals surface area contributed by atoms with Gasteiger partial charge in [-0.2, -0.15) is 25.2 Å². The molecule has 0 fully saturated rings. The molecule has 0 bridgehead atoms. The molecule has 3 aromatic rings. The fourth-order valence-corrected chi connectivity index (χ4v) is 7.81. The Bertz CT molecular complexity index is 1020. The van der Waals surface area contributed by atoms with Gasteiger partial charge in [-0.15, -0.1) is 0 Å². The van der Waals surface area contributed by atoms with Gasteiger partial charge in [-0.1, -0.05) is 64.5 Å². The van der Waals surface area contributed by atoms with E-state index in [2.05, 4.69) is 15.9 Å². The molecule has 9 heteroatoms. The lowest BCUT2D eigenvalue weighted by molar-refractivity contribution is -0.0496. The predicted molar refractivity (Wildman–Crippen MR) is 110 cm³/mol. The summed E-state index contributed by atoms with van der Waals surface area (Å²) < 4.78 is 69.5. The Kier molecular flexibility index (Phi) is 6.42. The van der Waals surface area contributed by atoms with Crippen LogP contribution in [0.2, 0.25) is 0 Å². The summed E-state index contributed by atoms with van der Waals surface area (Å²) in [7, 11) is -9.11. The smallest absolute Gasteiger partial charge is 0.200 e. The molecular formula is C20H16BrF3O3S2. The van der Waals surface area contributed by atoms with Crippen LogP contribution >= 0.6 is 26.2 Å². The Morgan fingerprint density at radius 2 is 1.14 bits per heavy atom. The Morgan fingerprint density at radius 1 is 0.724 bits per heavy atom. The molecule has 0 aromatic heterocycles. The van der Waals surface area contributed by atoms with Gasteiger partial charge in [0.15, 0.2) is 0 Å². The van der Waals surface area contributed by atoms with Crippen LogP contribution in [0.15, 0.2) is 99.6 Å². The first kappa shape index (κ1) is 21.9. The van der Waals surface area contributed by atoms with Crippen molar-refractivity contribution in [1.29, 1.82) is 0 Å². The van der Waals surface area contributed by atoms with Gasteiger partial charge in [0.25, 0.3) is 0 Å². The third-order valence-electron chi connectivity index (χ3n) is 4.03. The summed E-state index contributed by atoms with van der Waals surface area (Å²) in [5.74, 6) is 0. The monoisotopic (exact) mass is 504 g/mol. The second-order valence-corrected chi connectivity index (χ2v) is 10.9. The molecule has 0 saturated heterocycles. The van der Waals surface area contributed by atoms with Crippen molar-refractivity contribution in [2.24, 2.45) is 0 Å². The van der Waals surface area contributed by atoms with Crippen molar-refractivity contribution in [3.63, 3.8) is 0 Å². The SMILES string of the molecule is O=S(=O)(OS(c1ccccc1)(c1ccccc1)c1ccc(CBr)cc1)C(F)(F)F. The molecule has 0 atom stereocenters. The topological polar surface area (TPSA) is 43.4 Å². The summed E-state index contributed by atoms with van der Waals surface area (Å²) >= 11 is 3.33. The number of alkyl halides is 4. The maximum atomic E-state index is 13.3. The largest absolute Gasteiger partial charge is 0.524 e. The van der Waals surface area contributed by atoms with Crippen LogP contribution in [-0.4, -0.2) is 13.9 Å². The maximum Gasteiger partial charge on any atom is 0.524 e. The third-order valence-corrected chi connectivity index (χ3v) is 9.59. The molecule has 3 nitrogen and oxygen atoms in total. The Hall–Kier alpha value is -1.81. The predicted octanol–water partition coefficient (Wildman–Crippen LogP) is 6.64. The summed E-state index contributed by atoms with van der Waals surface area (Å²) in [5, 5.41) is 0.550. The quantitative estimate of drug-likeness (QED) is 0.279. The Morgan fingerprint density at radius 3 is 1.52 bits per heavy atom. The molecule has 0 aliphatic heterocycles. The average molecular weight is 505 g/mol. The molecule has 0 spiro atoms. The zero-order valence-corrected chi connectivity index (χ0v) is 18.1. The second-order valence-electron chi connectivity index (χ2n) is 5.93. The first-order chi connectivity index (χ1) is 13.7. The summed E-state index contributed by atoms with van der Waals surface area (Å²) in [4.78, 5) is 1.02. The van der Waals surface area contributed by atoms with E-state index >= 15 is 0 Å². The van der Waals surface area contributed by atoms with Crippen LogP contribution in [0.4, 0.5) is 13.2 Å². The molecule has 0 N–H and O–H groups in total. The molecule has 3 rings (SSSR count). The summed E-state index contributed by atoms with van der Waals surface area (Å²) in [6.07, 6.45) is 0. The molecular weight excluding hydrogens is 489 g/mol. The lowest BCUT2D eigenvalue weighted by Crippen LogP contribution is -2.27. The number of hydrogen-bond acceptors (Lipinski definition) is 3. The molecule has 0 aliphatic rings. The fourth-order valence-electron chi connectivity index (χ4n) is 2.69. The lowest BCUT2D eigenvalue weighted by Gasteiger charge is -2.39. The summed E-state index contributed by atoms with van der Waals surface area (Å²) in [5.41, 5.74) is -4.66. The van der Waals surface area contributed by atoms with Crippen LogP contribution in [-0.2, 0) is 19.1 Å². The molecule has 0 unspecified atom stereocenters. The van der Waals surface area contributed by atoms with E-state index in [9.17, 15) is 21.6 Å². The zero-order chi connectivity index (χ0) is 21.1. The minimum absolute atomic E-state index is 0.339. The summed E-state index contributed by atoms with van der Waals surface area (Å²) in [6.45, 7) is 0. The van der Waals surface area contributed by atoms with Gasteiger partial charge in [-0.3, -0.25) is 0 Å². The van der Waals surface area contributed by atoms with E-state index in [1.165, 1.54) is 0 Å². The van der Waals surface area contributed by atoms with Crippen molar-refractivity contribution >= 4 is 36.4 Å². The maximum absolute atomic E-state index is 13.3. The highest BCUT2D eigenvalue weighted by molar-refractivity contribution is 9.08. The van der Waals surface area contributed by atoms with Crippen LogP contribution in [0.1, 0.15) is 5.56 Å². The molecule has 0 aliphatic carbocycles. The van der Waals surface area contributed by atoms with Crippen LogP contribution in [0, 0.1) is 0 Å². The zero-order valence-electron chi connectivity index (χ0n) is 14.8. The number of rotatable bonds is 6. The van der Waals surface area contributed by atoms with Crippen LogP contribution in [0.5, 0.6) is 0 Å². The van der Waals surface area contributed by atoms with E-state index in [0.717, 1.165) is 5.56 Å². The van der Waals surface area contributed by atoms with Gasteiger partial charge in [0, 0.05) is 20.0 Å². The van der Waals surface area contributed by atoms with Gasteiger partial charge >= 0.3 is 15.6 Å². The van der Waals surface area contributed by atoms with Crippen molar-refractivity contribution in [3.8, 4) is 0 Å². The van der Waals surface area contributed by atoms with Crippen molar-refractivity contribution < 1.29 is 25.2 Å². The van der Waals surface area contributed by atoms with E-state index < -0.39 is 25.9 Å². The molecule has 0 saturated carbocycles. The van der Waals surface area contributed by atoms with Gasteiger partial charge < -0.3 is 0 Å². The highest BCUT2D eigenvalue weighted by Crippen LogP contribution is 2.70. The van der Waals surface area contributed by atoms with Gasteiger partial charge in [0.1, 0.15) is 0 Å². The van der Waals surface area contributed by atoms with E-state index in [4.69, 9.17) is 3.63 Å². The van der Waals surface area contributed by atoms with Crippen molar-refractivity contribution in [2.75, 3.05) is 0 Å². The van der Waals surface area contributed by atoms with Gasteiger partial charge in [-0.25, -0.2) is 0 Å². The average Bonchev–Trinajstić information content (AvgIpc) is 2.72. The van der Waals surface area contributed by atoms with Crippen molar-refractivity contribution in [2.45, 2.75) is 25.5 Å². The van der Waals surface area contributed by atoms with E-state index in [0.29, 0.717) is 20.0 Å². The molecule has 3 aromatic carbocycles. The first-order valence-electron chi connectivity index (χ1n) is 8.31. The van der Waals surface area contributed by atoms with Crippen LogP contribution in [0.3, 0.4) is 0 Å². The minimum atomic E-state index is -5.89. The Labute approximate surface area is 177 Å². The summed E-state index contributed by atoms with van der Waals surface area (Å²) in [6, 6.07) is 22.9. The minimum Gasteiger partial charge on any atom is -0.200 e. The standard InChI is InChI=1S/C20H16BrF3O3S2/c21-15-16-11-13-19(14-12-16)28(17-7-3-1-4-8-17,18-9-5-2-6-10-18)27-29(25,26)20(22,23)24/h1-14H,15H2. The highest BCUT2D eigenvalue weighted by atomic mass is 79.9. The fraction of sp³-hybridized carbons (Fsp3) is 0.100. The van der Waals surface area contributed by atoms with Crippen molar-refractivity contribution in [1.82, 2.24) is 0 Å². The molecule has 29 heavy (non-hydrogen) atoms. The van der Waals surface area contributed by atoms with E-state index in [-0.39, 0.29) is 0 Å². The van der Waals surface area contributed by atoms with Crippen molar-refractivity contribution in [3.05, 3.63) is 90.5 Å². The van der Waals surface area contributed by atoms with Gasteiger partial charge in [-0.05, 0) is 52.3 Å². The lowest BCUT2D eigenvalue weighted by atomic mass is 10.2. The normalized spacial score (nSPS) is 13.2.